The fourth-order valence-electron chi connectivity index (χ4n) is 7.13. The Labute approximate surface area is 295 Å². The first kappa shape index (κ1) is 30.2. The molecule has 0 amide bonds. The quantitative estimate of drug-likeness (QED) is 0.168. The third-order valence-electron chi connectivity index (χ3n) is 9.60. The lowest BCUT2D eigenvalue weighted by Gasteiger charge is -2.17. The number of nitrogens with one attached hydrogen (secondary N) is 2. The van der Waals surface area contributed by atoms with Crippen LogP contribution in [0.15, 0.2) is 180 Å². The highest BCUT2D eigenvalue weighted by molar-refractivity contribution is 6.17. The summed E-state index contributed by atoms with van der Waals surface area (Å²) in [7, 11) is 0. The van der Waals surface area contributed by atoms with Gasteiger partial charge in [0.05, 0.1) is 11.4 Å². The maximum Gasteiger partial charge on any atom is 0.227 e. The number of rotatable bonds is 7. The Hall–Kier alpha value is -6.91. The van der Waals surface area contributed by atoms with Crippen LogP contribution in [-0.4, -0.2) is 16.4 Å². The molecule has 0 aliphatic rings. The zero-order valence-corrected chi connectivity index (χ0v) is 27.6. The van der Waals surface area contributed by atoms with E-state index in [1.54, 1.807) is 12.2 Å². The molecule has 9 aromatic rings. The van der Waals surface area contributed by atoms with E-state index in [0.29, 0.717) is 17.3 Å². The minimum absolute atomic E-state index is 0.341. The lowest BCUT2D eigenvalue weighted by Crippen LogP contribution is -1.99. The molecule has 1 aromatic heterocycles. The molecule has 51 heavy (non-hydrogen) atoms. The van der Waals surface area contributed by atoms with E-state index in [0.717, 1.165) is 82.4 Å². The predicted molar refractivity (Wildman–Crippen MR) is 212 cm³/mol. The van der Waals surface area contributed by atoms with Gasteiger partial charge in [-0.15, -0.1) is 0 Å². The monoisotopic (exact) mass is 653 g/mol. The smallest absolute Gasteiger partial charge is 0.227 e. The summed E-state index contributed by atoms with van der Waals surface area (Å²) in [4.78, 5) is 5.09. The maximum absolute atomic E-state index is 8.94. The van der Waals surface area contributed by atoms with Crippen molar-refractivity contribution >= 4 is 54.8 Å². The van der Waals surface area contributed by atoms with Gasteiger partial charge in [-0.3, -0.25) is 0 Å². The first-order valence-corrected chi connectivity index (χ1v) is 17.0. The van der Waals surface area contributed by atoms with E-state index in [9.17, 15) is 0 Å². The van der Waals surface area contributed by atoms with Gasteiger partial charge in [0.15, 0.2) is 5.58 Å². The molecule has 0 aliphatic carbocycles. The minimum atomic E-state index is 0.341. The number of oxazole rings is 1. The van der Waals surface area contributed by atoms with Gasteiger partial charge in [0, 0.05) is 10.9 Å². The normalized spacial score (nSPS) is 11.6. The van der Waals surface area contributed by atoms with Crippen LogP contribution >= 0.6 is 0 Å². The zero-order valence-electron chi connectivity index (χ0n) is 27.6. The van der Waals surface area contributed by atoms with Crippen LogP contribution in [0.5, 0.6) is 0 Å². The Morgan fingerprint density at radius 2 is 1.08 bits per heavy atom. The van der Waals surface area contributed by atoms with E-state index in [2.05, 4.69) is 109 Å². The molecular formula is C47H31N3O. The van der Waals surface area contributed by atoms with Gasteiger partial charge in [-0.1, -0.05) is 146 Å². The number of fused-ring (bicyclic) bond motifs is 5. The fourth-order valence-corrected chi connectivity index (χ4v) is 7.13. The second-order valence-corrected chi connectivity index (χ2v) is 12.7. The zero-order chi connectivity index (χ0) is 34.3. The summed E-state index contributed by atoms with van der Waals surface area (Å²) in [6, 6.07) is 55.7. The third kappa shape index (κ3) is 5.40. The van der Waals surface area contributed by atoms with Crippen LogP contribution in [0.4, 0.5) is 0 Å². The molecule has 0 radical (unpaired) electrons. The first-order valence-electron chi connectivity index (χ1n) is 17.0. The molecule has 0 spiro atoms. The molecule has 0 aliphatic heterocycles. The van der Waals surface area contributed by atoms with Crippen LogP contribution < -0.4 is 0 Å². The summed E-state index contributed by atoms with van der Waals surface area (Å²) in [6.07, 6.45) is 3.40. The van der Waals surface area contributed by atoms with Crippen molar-refractivity contribution in [1.29, 1.82) is 10.8 Å². The van der Waals surface area contributed by atoms with Gasteiger partial charge in [0.25, 0.3) is 0 Å². The molecule has 0 saturated heterocycles. The lowest BCUT2D eigenvalue weighted by molar-refractivity contribution is 0.621. The highest BCUT2D eigenvalue weighted by Gasteiger charge is 2.20. The number of aromatic nitrogens is 1. The van der Waals surface area contributed by atoms with E-state index in [-0.39, 0.29) is 0 Å². The van der Waals surface area contributed by atoms with E-state index in [4.69, 9.17) is 20.2 Å². The first-order chi connectivity index (χ1) is 25.1. The largest absolute Gasteiger partial charge is 0.436 e. The standard InChI is InChI=1S/C47H31N3O/c48-42(32-14-2-1-3-15-32)26-27-43(49)33-17-10-18-34(28-33)45-36-20-7-5-13-31(36)24-25-38(45)41-29-44-46(39-22-9-8-21-37(39)41)50-47(51-44)40-23-11-16-30-12-4-6-19-35(30)40/h1-29,48-49H/b27-26-,48-42?,49-43?. The van der Waals surface area contributed by atoms with Crippen LogP contribution in [0.3, 0.4) is 0 Å². The van der Waals surface area contributed by atoms with Gasteiger partial charge in [0.1, 0.15) is 5.52 Å². The summed E-state index contributed by atoms with van der Waals surface area (Å²) in [6.45, 7) is 0. The molecule has 0 fully saturated rings. The molecule has 9 rings (SSSR count). The van der Waals surface area contributed by atoms with Gasteiger partial charge in [-0.05, 0) is 90.7 Å². The Kier molecular flexibility index (Phi) is 7.41. The van der Waals surface area contributed by atoms with Crippen molar-refractivity contribution < 1.29 is 4.42 Å². The molecule has 0 saturated carbocycles. The number of nitrogens with zero attached hydrogens (tertiary/aromatic N) is 1. The SMILES string of the molecule is N=C(/C=C\C(=N)c1cccc(-c2c(-c3cc4oc(-c5cccc6ccccc56)nc4c4ccccc34)ccc3ccccc23)c1)c1ccccc1. The average Bonchev–Trinajstić information content (AvgIpc) is 3.63. The van der Waals surface area contributed by atoms with Crippen molar-refractivity contribution in [1.82, 2.24) is 4.98 Å². The van der Waals surface area contributed by atoms with E-state index in [1.165, 1.54) is 0 Å². The Bertz CT molecular complexity index is 2840. The van der Waals surface area contributed by atoms with E-state index in [1.807, 2.05) is 54.6 Å². The summed E-state index contributed by atoms with van der Waals surface area (Å²) < 4.78 is 6.63. The summed E-state index contributed by atoms with van der Waals surface area (Å²) in [5.41, 5.74) is 9.05. The van der Waals surface area contributed by atoms with Crippen molar-refractivity contribution in [3.8, 4) is 33.7 Å². The van der Waals surface area contributed by atoms with Crippen LogP contribution in [0.1, 0.15) is 11.1 Å². The Morgan fingerprint density at radius 3 is 1.88 bits per heavy atom. The summed E-state index contributed by atoms with van der Waals surface area (Å²) in [5.74, 6) is 0.599. The average molecular weight is 654 g/mol. The van der Waals surface area contributed by atoms with Crippen LogP contribution in [0.25, 0.3) is 77.1 Å². The van der Waals surface area contributed by atoms with Crippen LogP contribution in [-0.2, 0) is 0 Å². The Balaban J connectivity index is 1.21. The van der Waals surface area contributed by atoms with Crippen molar-refractivity contribution in [2.75, 3.05) is 0 Å². The molecule has 8 aromatic carbocycles. The van der Waals surface area contributed by atoms with Crippen LogP contribution in [0, 0.1) is 10.8 Å². The van der Waals surface area contributed by atoms with Gasteiger partial charge in [0.2, 0.25) is 5.89 Å². The van der Waals surface area contributed by atoms with E-state index < -0.39 is 0 Å². The van der Waals surface area contributed by atoms with Crippen molar-refractivity contribution in [3.63, 3.8) is 0 Å². The molecule has 240 valence electrons. The maximum atomic E-state index is 8.94. The second kappa shape index (κ2) is 12.5. The highest BCUT2D eigenvalue weighted by Crippen LogP contribution is 2.44. The molecule has 4 nitrogen and oxygen atoms in total. The van der Waals surface area contributed by atoms with Crippen molar-refractivity contribution in [2.24, 2.45) is 0 Å². The fraction of sp³-hybridized carbons (Fsp3) is 0. The molecule has 0 unspecified atom stereocenters. The molecule has 1 heterocycles. The lowest BCUT2D eigenvalue weighted by atomic mass is 9.87. The number of hydrogen-bond acceptors (Lipinski definition) is 4. The number of allylic oxidation sites excluding steroid dienone is 2. The molecule has 2 N–H and O–H groups in total. The molecule has 4 heteroatoms. The summed E-state index contributed by atoms with van der Waals surface area (Å²) >= 11 is 0. The topological polar surface area (TPSA) is 73.7 Å². The molecule has 0 bridgehead atoms. The second-order valence-electron chi connectivity index (χ2n) is 12.7. The number of benzene rings is 8. The number of hydrogen-bond donors (Lipinski definition) is 2. The molecule has 0 atom stereocenters. The van der Waals surface area contributed by atoms with Gasteiger partial charge < -0.3 is 15.2 Å². The van der Waals surface area contributed by atoms with Crippen molar-refractivity contribution in [3.05, 3.63) is 187 Å². The molecular weight excluding hydrogens is 623 g/mol. The van der Waals surface area contributed by atoms with Crippen LogP contribution in [0.2, 0.25) is 0 Å². The summed E-state index contributed by atoms with van der Waals surface area (Å²) in [5, 5.41) is 24.1. The van der Waals surface area contributed by atoms with E-state index >= 15 is 0 Å². The Morgan fingerprint density at radius 1 is 0.471 bits per heavy atom. The van der Waals surface area contributed by atoms with Gasteiger partial charge in [-0.25, -0.2) is 4.98 Å². The highest BCUT2D eigenvalue weighted by atomic mass is 16.3. The van der Waals surface area contributed by atoms with Gasteiger partial charge >= 0.3 is 0 Å². The third-order valence-corrected chi connectivity index (χ3v) is 9.60. The van der Waals surface area contributed by atoms with Gasteiger partial charge in [-0.2, -0.15) is 0 Å². The van der Waals surface area contributed by atoms with Crippen molar-refractivity contribution in [2.45, 2.75) is 0 Å². The predicted octanol–water partition coefficient (Wildman–Crippen LogP) is 12.3. The minimum Gasteiger partial charge on any atom is -0.436 e.